The lowest BCUT2D eigenvalue weighted by atomic mass is 9.87. The van der Waals surface area contributed by atoms with Gasteiger partial charge in [-0.1, -0.05) is 6.07 Å². The van der Waals surface area contributed by atoms with Crippen LogP contribution in [0.15, 0.2) is 42.7 Å². The molecule has 0 aliphatic rings. The molecule has 0 fully saturated rings. The number of carbonyl (C=O) groups excluding carboxylic acids is 1. The molecule has 0 saturated carbocycles. The number of ether oxygens (including phenoxy) is 1. The van der Waals surface area contributed by atoms with Crippen LogP contribution in [0.1, 0.15) is 35.2 Å². The smallest absolute Gasteiger partial charge is 0.338 e. The summed E-state index contributed by atoms with van der Waals surface area (Å²) in [5.41, 5.74) is 6.52. The molecule has 0 amide bonds. The predicted molar refractivity (Wildman–Crippen MR) is 91.9 cm³/mol. The predicted octanol–water partition coefficient (Wildman–Crippen LogP) is 1.62. The molecule has 5 N–H and O–H groups in total. The Balaban J connectivity index is 2.16. The van der Waals surface area contributed by atoms with E-state index in [-0.39, 0.29) is 17.9 Å². The molecule has 0 spiro atoms. The minimum absolute atomic E-state index is 0.120. The molecule has 26 heavy (non-hydrogen) atoms. The third-order valence-electron chi connectivity index (χ3n) is 3.96. The van der Waals surface area contributed by atoms with E-state index in [9.17, 15) is 24.9 Å². The summed E-state index contributed by atoms with van der Waals surface area (Å²) in [7, 11) is 0. The van der Waals surface area contributed by atoms with Gasteiger partial charge in [-0.2, -0.15) is 0 Å². The van der Waals surface area contributed by atoms with E-state index in [4.69, 9.17) is 10.5 Å². The summed E-state index contributed by atoms with van der Waals surface area (Å²) in [5.74, 6) is -3.23. The van der Waals surface area contributed by atoms with Crippen LogP contribution in [0, 0.1) is 0 Å². The molecule has 3 atom stereocenters. The zero-order valence-corrected chi connectivity index (χ0v) is 14.1. The van der Waals surface area contributed by atoms with Crippen LogP contribution in [0.25, 0.3) is 0 Å². The summed E-state index contributed by atoms with van der Waals surface area (Å²) >= 11 is 0. The normalized spacial score (nSPS) is 14.2. The molecule has 2 aromatic rings. The number of hydrogen-bond acceptors (Lipinski definition) is 7. The topological polar surface area (TPSA) is 143 Å². The van der Waals surface area contributed by atoms with Crippen LogP contribution in [0.3, 0.4) is 0 Å². The van der Waals surface area contributed by atoms with Crippen LogP contribution in [-0.4, -0.2) is 44.4 Å². The van der Waals surface area contributed by atoms with Crippen molar-refractivity contribution in [3.8, 4) is 11.5 Å². The Kier molecular flexibility index (Phi) is 6.13. The highest BCUT2D eigenvalue weighted by molar-refractivity contribution is 5.89. The van der Waals surface area contributed by atoms with Crippen molar-refractivity contribution in [3.63, 3.8) is 0 Å². The SMILES string of the molecule is C[C@H](CC(c1ccc(O)c(O)c1)[C@H](N)C(=O)O)OC(=O)c1ccncc1. The van der Waals surface area contributed by atoms with Gasteiger partial charge < -0.3 is 25.8 Å². The number of rotatable bonds is 7. The number of phenolic OH excluding ortho intramolecular Hbond substituents is 2. The maximum Gasteiger partial charge on any atom is 0.338 e. The molecule has 1 aromatic carbocycles. The lowest BCUT2D eigenvalue weighted by Crippen LogP contribution is -2.38. The molecule has 138 valence electrons. The first-order valence-corrected chi connectivity index (χ1v) is 7.91. The molecule has 8 heteroatoms. The highest BCUT2D eigenvalue weighted by Gasteiger charge is 2.29. The fourth-order valence-electron chi connectivity index (χ4n) is 2.58. The van der Waals surface area contributed by atoms with Gasteiger partial charge in [0, 0.05) is 18.3 Å². The number of carbonyl (C=O) groups is 2. The fourth-order valence-corrected chi connectivity index (χ4v) is 2.58. The Hall–Kier alpha value is -3.13. The molecule has 0 saturated heterocycles. The molecule has 1 aromatic heterocycles. The minimum Gasteiger partial charge on any atom is -0.504 e. The molecule has 1 heterocycles. The lowest BCUT2D eigenvalue weighted by molar-refractivity contribution is -0.139. The van der Waals surface area contributed by atoms with Gasteiger partial charge in [-0.25, -0.2) is 4.79 Å². The van der Waals surface area contributed by atoms with Crippen LogP contribution in [0.5, 0.6) is 11.5 Å². The van der Waals surface area contributed by atoms with E-state index in [2.05, 4.69) is 4.98 Å². The van der Waals surface area contributed by atoms with Crippen molar-refractivity contribution in [2.75, 3.05) is 0 Å². The van der Waals surface area contributed by atoms with Gasteiger partial charge in [0.05, 0.1) is 5.56 Å². The average molecular weight is 360 g/mol. The summed E-state index contributed by atoms with van der Waals surface area (Å²) in [6.07, 6.45) is 2.41. The van der Waals surface area contributed by atoms with Crippen molar-refractivity contribution in [2.45, 2.75) is 31.4 Å². The molecule has 0 bridgehead atoms. The maximum absolute atomic E-state index is 12.1. The number of aromatic nitrogens is 1. The van der Waals surface area contributed by atoms with Gasteiger partial charge in [-0.15, -0.1) is 0 Å². The van der Waals surface area contributed by atoms with Crippen molar-refractivity contribution < 1.29 is 29.6 Å². The second-order valence-electron chi connectivity index (χ2n) is 5.91. The molecular weight excluding hydrogens is 340 g/mol. The Labute approximate surface area is 149 Å². The lowest BCUT2D eigenvalue weighted by Gasteiger charge is -2.25. The van der Waals surface area contributed by atoms with E-state index >= 15 is 0 Å². The number of esters is 1. The van der Waals surface area contributed by atoms with E-state index < -0.39 is 30.0 Å². The molecule has 8 nitrogen and oxygen atoms in total. The molecule has 0 aliphatic carbocycles. The van der Waals surface area contributed by atoms with Gasteiger partial charge in [-0.3, -0.25) is 9.78 Å². The zero-order valence-electron chi connectivity index (χ0n) is 14.1. The van der Waals surface area contributed by atoms with Gasteiger partial charge in [0.2, 0.25) is 0 Å². The number of nitrogens with zero attached hydrogens (tertiary/aromatic N) is 1. The number of hydrogen-bond donors (Lipinski definition) is 4. The first kappa shape index (κ1) is 19.2. The van der Waals surface area contributed by atoms with Crippen LogP contribution in [-0.2, 0) is 9.53 Å². The first-order valence-electron chi connectivity index (χ1n) is 7.91. The van der Waals surface area contributed by atoms with Gasteiger partial charge in [0.15, 0.2) is 11.5 Å². The van der Waals surface area contributed by atoms with Crippen LogP contribution in [0.2, 0.25) is 0 Å². The van der Waals surface area contributed by atoms with E-state index in [0.29, 0.717) is 11.1 Å². The number of pyridine rings is 1. The number of carboxylic acid groups (broad SMARTS) is 1. The minimum atomic E-state index is -1.28. The average Bonchev–Trinajstić information content (AvgIpc) is 2.62. The summed E-state index contributed by atoms with van der Waals surface area (Å²) in [4.78, 5) is 27.3. The van der Waals surface area contributed by atoms with Gasteiger partial charge >= 0.3 is 11.9 Å². The maximum atomic E-state index is 12.1. The number of aliphatic carboxylic acids is 1. The quantitative estimate of drug-likeness (QED) is 0.431. The van der Waals surface area contributed by atoms with Crippen LogP contribution in [0.4, 0.5) is 0 Å². The fraction of sp³-hybridized carbons (Fsp3) is 0.278. The molecular formula is C18H20N2O6. The Morgan fingerprint density at radius 1 is 1.15 bits per heavy atom. The van der Waals surface area contributed by atoms with E-state index in [0.717, 1.165) is 0 Å². The van der Waals surface area contributed by atoms with E-state index in [1.165, 1.54) is 42.7 Å². The van der Waals surface area contributed by atoms with Crippen molar-refractivity contribution in [3.05, 3.63) is 53.9 Å². The van der Waals surface area contributed by atoms with Crippen LogP contribution < -0.4 is 5.73 Å². The highest BCUT2D eigenvalue weighted by atomic mass is 16.5. The molecule has 0 radical (unpaired) electrons. The highest BCUT2D eigenvalue weighted by Crippen LogP contribution is 2.32. The molecule has 1 unspecified atom stereocenters. The van der Waals surface area contributed by atoms with Gasteiger partial charge in [0.1, 0.15) is 12.1 Å². The Morgan fingerprint density at radius 2 is 1.81 bits per heavy atom. The van der Waals surface area contributed by atoms with Crippen LogP contribution >= 0.6 is 0 Å². The third kappa shape index (κ3) is 4.70. The van der Waals surface area contributed by atoms with Crippen molar-refractivity contribution in [1.82, 2.24) is 4.98 Å². The van der Waals surface area contributed by atoms with E-state index in [1.54, 1.807) is 6.92 Å². The molecule has 0 aliphatic heterocycles. The summed E-state index contributed by atoms with van der Waals surface area (Å²) in [5, 5.41) is 28.4. The number of nitrogens with two attached hydrogens (primary N) is 1. The van der Waals surface area contributed by atoms with Crippen molar-refractivity contribution in [2.24, 2.45) is 5.73 Å². The monoisotopic (exact) mass is 360 g/mol. The number of aromatic hydroxyl groups is 2. The number of benzene rings is 1. The van der Waals surface area contributed by atoms with Crippen molar-refractivity contribution in [1.29, 1.82) is 0 Å². The summed E-state index contributed by atoms with van der Waals surface area (Å²) in [6, 6.07) is 5.71. The standard InChI is InChI=1S/C18H20N2O6/c1-10(26-18(25)11-4-6-20-7-5-11)8-13(16(19)17(23)24)12-2-3-14(21)15(22)9-12/h2-7,9-10,13,16,21-22H,8,19H2,1H3,(H,23,24)/t10-,13?,16+/m1/s1. The second-order valence-corrected chi connectivity index (χ2v) is 5.91. The van der Waals surface area contributed by atoms with E-state index in [1.807, 2.05) is 0 Å². The number of phenols is 2. The second kappa shape index (κ2) is 8.30. The largest absolute Gasteiger partial charge is 0.504 e. The van der Waals surface area contributed by atoms with Gasteiger partial charge in [0.25, 0.3) is 0 Å². The van der Waals surface area contributed by atoms with Crippen molar-refractivity contribution >= 4 is 11.9 Å². The summed E-state index contributed by atoms with van der Waals surface area (Å²) < 4.78 is 5.35. The first-order chi connectivity index (χ1) is 12.3. The Bertz CT molecular complexity index is 781. The Morgan fingerprint density at radius 3 is 2.38 bits per heavy atom. The van der Waals surface area contributed by atoms with Gasteiger partial charge in [-0.05, 0) is 43.2 Å². The third-order valence-corrected chi connectivity index (χ3v) is 3.96. The number of carboxylic acids is 1. The summed E-state index contributed by atoms with van der Waals surface area (Å²) in [6.45, 7) is 1.63. The molecule has 2 rings (SSSR count). The zero-order chi connectivity index (χ0) is 19.3.